The highest BCUT2D eigenvalue weighted by molar-refractivity contribution is 6.42. The van der Waals surface area contributed by atoms with Gasteiger partial charge in [-0.1, -0.05) is 41.4 Å². The zero-order valence-electron chi connectivity index (χ0n) is 14.7. The van der Waals surface area contributed by atoms with E-state index in [0.717, 1.165) is 31.6 Å². The number of rotatable bonds is 6. The smallest absolute Gasteiger partial charge is 0.224 e. The van der Waals surface area contributed by atoms with Gasteiger partial charge in [-0.3, -0.25) is 9.69 Å². The summed E-state index contributed by atoms with van der Waals surface area (Å²) in [5.41, 5.74) is 1.54. The number of nitrogens with zero attached hydrogens (tertiary/aromatic N) is 1. The van der Waals surface area contributed by atoms with Crippen LogP contribution in [0.25, 0.3) is 0 Å². The van der Waals surface area contributed by atoms with E-state index in [-0.39, 0.29) is 12.3 Å². The molecule has 7 heteroatoms. The fraction of sp³-hybridized carbons (Fsp3) is 0.350. The van der Waals surface area contributed by atoms with Gasteiger partial charge in [-0.2, -0.15) is 0 Å². The monoisotopic (exact) mass is 410 g/mol. The minimum absolute atomic E-state index is 0.0890. The molecule has 27 heavy (non-hydrogen) atoms. The van der Waals surface area contributed by atoms with E-state index < -0.39 is 11.6 Å². The van der Waals surface area contributed by atoms with Crippen LogP contribution in [0.5, 0.6) is 5.75 Å². The van der Waals surface area contributed by atoms with Gasteiger partial charge in [0.2, 0.25) is 5.91 Å². The van der Waals surface area contributed by atoms with Gasteiger partial charge in [0.25, 0.3) is 0 Å². The molecule has 0 aliphatic carbocycles. The van der Waals surface area contributed by atoms with Crippen LogP contribution >= 0.6 is 23.2 Å². The third kappa shape index (κ3) is 5.34. The van der Waals surface area contributed by atoms with Crippen molar-refractivity contribution in [2.45, 2.75) is 19.4 Å². The Kier molecular flexibility index (Phi) is 6.58. The summed E-state index contributed by atoms with van der Waals surface area (Å²) in [5, 5.41) is 13.3. The van der Waals surface area contributed by atoms with Gasteiger partial charge in [0.15, 0.2) is 11.6 Å². The van der Waals surface area contributed by atoms with Gasteiger partial charge in [0.05, 0.1) is 16.5 Å². The van der Waals surface area contributed by atoms with E-state index in [0.29, 0.717) is 28.1 Å². The molecular formula is C20H21Cl2FN2O2. The van der Waals surface area contributed by atoms with Crippen molar-refractivity contribution >= 4 is 29.1 Å². The number of aromatic hydroxyl groups is 1. The molecule has 0 bridgehead atoms. The fourth-order valence-corrected chi connectivity index (χ4v) is 3.68. The molecule has 1 fully saturated rings. The first kappa shape index (κ1) is 19.9. The van der Waals surface area contributed by atoms with Gasteiger partial charge in [-0.15, -0.1) is 0 Å². The van der Waals surface area contributed by atoms with E-state index in [1.54, 1.807) is 12.1 Å². The molecule has 0 saturated carbocycles. The van der Waals surface area contributed by atoms with Gasteiger partial charge in [-0.25, -0.2) is 4.39 Å². The van der Waals surface area contributed by atoms with Crippen LogP contribution in [0, 0.1) is 11.7 Å². The first-order valence-electron chi connectivity index (χ1n) is 8.81. The van der Waals surface area contributed by atoms with Crippen molar-refractivity contribution < 1.29 is 14.3 Å². The van der Waals surface area contributed by atoms with Crippen LogP contribution in [0.4, 0.5) is 4.39 Å². The van der Waals surface area contributed by atoms with Gasteiger partial charge in [-0.05, 0) is 48.2 Å². The molecule has 3 rings (SSSR count). The molecule has 1 atom stereocenters. The predicted molar refractivity (Wildman–Crippen MR) is 105 cm³/mol. The van der Waals surface area contributed by atoms with E-state index in [2.05, 4.69) is 10.2 Å². The highest BCUT2D eigenvalue weighted by Crippen LogP contribution is 2.28. The van der Waals surface area contributed by atoms with E-state index in [4.69, 9.17) is 23.2 Å². The first-order chi connectivity index (χ1) is 12.9. The minimum atomic E-state index is -0.716. The normalized spacial score (nSPS) is 17.2. The third-order valence-corrected chi connectivity index (χ3v) is 5.62. The molecule has 0 spiro atoms. The van der Waals surface area contributed by atoms with E-state index >= 15 is 0 Å². The standard InChI is InChI=1S/C20H21Cl2FN2O2/c21-16-3-1-2-15(20(16)22)12-25-7-6-14(11-25)10-24-19(27)9-13-4-5-18(26)17(23)8-13/h1-5,8,14,26H,6-7,9-12H2,(H,24,27). The summed E-state index contributed by atoms with van der Waals surface area (Å²) in [7, 11) is 0. The van der Waals surface area contributed by atoms with Crippen LogP contribution in [0.2, 0.25) is 10.0 Å². The SMILES string of the molecule is O=C(Cc1ccc(O)c(F)c1)NCC1CCN(Cc2cccc(Cl)c2Cl)C1. The Morgan fingerprint density at radius 1 is 1.30 bits per heavy atom. The molecule has 1 aliphatic rings. The van der Waals surface area contributed by atoms with Crippen molar-refractivity contribution in [3.63, 3.8) is 0 Å². The summed E-state index contributed by atoms with van der Waals surface area (Å²) in [4.78, 5) is 14.4. The zero-order chi connectivity index (χ0) is 19.4. The number of hydrogen-bond donors (Lipinski definition) is 2. The Morgan fingerprint density at radius 2 is 2.11 bits per heavy atom. The number of amides is 1. The average molecular weight is 411 g/mol. The number of carbonyl (C=O) groups is 1. The lowest BCUT2D eigenvalue weighted by Gasteiger charge is -2.17. The van der Waals surface area contributed by atoms with Crippen LogP contribution in [-0.2, 0) is 17.8 Å². The summed E-state index contributed by atoms with van der Waals surface area (Å²) in [6.45, 7) is 3.12. The van der Waals surface area contributed by atoms with Crippen LogP contribution < -0.4 is 5.32 Å². The molecule has 2 aromatic rings. The lowest BCUT2D eigenvalue weighted by atomic mass is 10.1. The Hall–Kier alpha value is -1.82. The summed E-state index contributed by atoms with van der Waals surface area (Å²) in [5.74, 6) is -0.920. The summed E-state index contributed by atoms with van der Waals surface area (Å²) in [6.07, 6.45) is 1.08. The van der Waals surface area contributed by atoms with Crippen molar-refractivity contribution in [2.24, 2.45) is 5.92 Å². The van der Waals surface area contributed by atoms with Crippen molar-refractivity contribution in [3.05, 3.63) is 63.4 Å². The number of benzene rings is 2. The minimum Gasteiger partial charge on any atom is -0.505 e. The molecule has 2 aromatic carbocycles. The van der Waals surface area contributed by atoms with Crippen LogP contribution in [0.1, 0.15) is 17.5 Å². The highest BCUT2D eigenvalue weighted by atomic mass is 35.5. The van der Waals surface area contributed by atoms with Crippen LogP contribution in [-0.4, -0.2) is 35.5 Å². The summed E-state index contributed by atoms with van der Waals surface area (Å²) in [6, 6.07) is 9.62. The number of hydrogen-bond acceptors (Lipinski definition) is 3. The van der Waals surface area contributed by atoms with Crippen molar-refractivity contribution in [3.8, 4) is 5.75 Å². The Balaban J connectivity index is 1.45. The summed E-state index contributed by atoms with van der Waals surface area (Å²) >= 11 is 12.3. The second kappa shape index (κ2) is 8.91. The van der Waals surface area contributed by atoms with Crippen molar-refractivity contribution in [1.82, 2.24) is 10.2 Å². The van der Waals surface area contributed by atoms with Gasteiger partial charge >= 0.3 is 0 Å². The molecule has 4 nitrogen and oxygen atoms in total. The number of nitrogens with one attached hydrogen (secondary N) is 1. The quantitative estimate of drug-likeness (QED) is 0.755. The lowest BCUT2D eigenvalue weighted by Crippen LogP contribution is -2.32. The topological polar surface area (TPSA) is 52.6 Å². The molecule has 1 aliphatic heterocycles. The maximum absolute atomic E-state index is 13.3. The number of likely N-dealkylation sites (tertiary alicyclic amines) is 1. The maximum Gasteiger partial charge on any atom is 0.224 e. The molecule has 2 N–H and O–H groups in total. The zero-order valence-corrected chi connectivity index (χ0v) is 16.2. The van der Waals surface area contributed by atoms with Crippen molar-refractivity contribution in [1.29, 1.82) is 0 Å². The number of carbonyl (C=O) groups excluding carboxylic acids is 1. The molecule has 1 saturated heterocycles. The van der Waals surface area contributed by atoms with Gasteiger partial charge in [0.1, 0.15) is 0 Å². The van der Waals surface area contributed by atoms with Crippen LogP contribution in [0.3, 0.4) is 0 Å². The Labute approximate surface area is 167 Å². The molecule has 1 unspecified atom stereocenters. The second-order valence-electron chi connectivity index (χ2n) is 6.87. The Morgan fingerprint density at radius 3 is 2.89 bits per heavy atom. The first-order valence-corrected chi connectivity index (χ1v) is 9.57. The molecule has 0 radical (unpaired) electrons. The number of phenolic OH excluding ortho intramolecular Hbond substituents is 1. The second-order valence-corrected chi connectivity index (χ2v) is 7.65. The van der Waals surface area contributed by atoms with E-state index in [1.165, 1.54) is 12.1 Å². The fourth-order valence-electron chi connectivity index (χ4n) is 3.30. The molecule has 1 heterocycles. The predicted octanol–water partition coefficient (Wildman–Crippen LogP) is 4.02. The van der Waals surface area contributed by atoms with Crippen LogP contribution in [0.15, 0.2) is 36.4 Å². The lowest BCUT2D eigenvalue weighted by molar-refractivity contribution is -0.120. The van der Waals surface area contributed by atoms with Crippen molar-refractivity contribution in [2.75, 3.05) is 19.6 Å². The molecule has 144 valence electrons. The number of phenols is 1. The summed E-state index contributed by atoms with van der Waals surface area (Å²) < 4.78 is 13.3. The molecule has 0 aromatic heterocycles. The maximum atomic E-state index is 13.3. The molecule has 1 amide bonds. The van der Waals surface area contributed by atoms with Gasteiger partial charge < -0.3 is 10.4 Å². The number of halogens is 3. The Bertz CT molecular complexity index is 832. The highest BCUT2D eigenvalue weighted by Gasteiger charge is 2.23. The van der Waals surface area contributed by atoms with E-state index in [1.807, 2.05) is 12.1 Å². The molecular weight excluding hydrogens is 390 g/mol. The average Bonchev–Trinajstić information content (AvgIpc) is 3.08. The van der Waals surface area contributed by atoms with Gasteiger partial charge in [0, 0.05) is 19.6 Å². The van der Waals surface area contributed by atoms with E-state index in [9.17, 15) is 14.3 Å². The third-order valence-electron chi connectivity index (χ3n) is 4.76. The largest absolute Gasteiger partial charge is 0.505 e.